The Kier molecular flexibility index (Phi) is 8.56. The van der Waals surface area contributed by atoms with Crippen LogP contribution in [0.2, 0.25) is 0 Å². The molecule has 28 heavy (non-hydrogen) atoms. The standard InChI is InChI=1S/C21H24INO5/c1-4-28-21(25)15(10-14-8-6-5-7-9-14)13-23-20(24)16-11-18(26-2)19(27-3)12-17(16)22/h5-9,11-12,15H,4,10,13H2,1-3H3,(H,23,24). The van der Waals surface area contributed by atoms with Crippen LogP contribution < -0.4 is 14.8 Å². The smallest absolute Gasteiger partial charge is 0.311 e. The van der Waals surface area contributed by atoms with Crippen LogP contribution >= 0.6 is 22.6 Å². The Labute approximate surface area is 178 Å². The van der Waals surface area contributed by atoms with Crippen molar-refractivity contribution in [1.82, 2.24) is 5.32 Å². The monoisotopic (exact) mass is 497 g/mol. The summed E-state index contributed by atoms with van der Waals surface area (Å²) in [6, 6.07) is 13.0. The van der Waals surface area contributed by atoms with Gasteiger partial charge in [0.15, 0.2) is 11.5 Å². The topological polar surface area (TPSA) is 73.9 Å². The number of hydrogen-bond acceptors (Lipinski definition) is 5. The van der Waals surface area contributed by atoms with E-state index in [1.165, 1.54) is 7.11 Å². The zero-order valence-electron chi connectivity index (χ0n) is 16.2. The molecule has 2 aromatic rings. The number of nitrogens with one attached hydrogen (secondary N) is 1. The molecule has 1 unspecified atom stereocenters. The summed E-state index contributed by atoms with van der Waals surface area (Å²) in [5.74, 6) is -0.0540. The van der Waals surface area contributed by atoms with Crippen LogP contribution in [0, 0.1) is 9.49 Å². The number of carbonyl (C=O) groups excluding carboxylic acids is 2. The van der Waals surface area contributed by atoms with Crippen molar-refractivity contribution < 1.29 is 23.8 Å². The molecule has 0 aliphatic rings. The Balaban J connectivity index is 2.13. The van der Waals surface area contributed by atoms with Crippen molar-refractivity contribution in [3.8, 4) is 11.5 Å². The van der Waals surface area contributed by atoms with Crippen LogP contribution in [0.15, 0.2) is 42.5 Å². The highest BCUT2D eigenvalue weighted by Crippen LogP contribution is 2.31. The van der Waals surface area contributed by atoms with E-state index in [4.69, 9.17) is 14.2 Å². The first-order valence-electron chi connectivity index (χ1n) is 8.90. The summed E-state index contributed by atoms with van der Waals surface area (Å²) in [5.41, 5.74) is 1.47. The molecule has 0 saturated carbocycles. The molecule has 0 radical (unpaired) electrons. The zero-order chi connectivity index (χ0) is 20.5. The minimum Gasteiger partial charge on any atom is -0.493 e. The number of ether oxygens (including phenoxy) is 3. The Hall–Kier alpha value is -2.29. The minimum atomic E-state index is -0.468. The Morgan fingerprint density at radius 1 is 1.07 bits per heavy atom. The van der Waals surface area contributed by atoms with Gasteiger partial charge in [0.1, 0.15) is 0 Å². The SMILES string of the molecule is CCOC(=O)C(CNC(=O)c1cc(OC)c(OC)cc1I)Cc1ccccc1. The molecule has 150 valence electrons. The molecule has 7 heteroatoms. The van der Waals surface area contributed by atoms with Crippen molar-refractivity contribution in [3.63, 3.8) is 0 Å². The first-order valence-corrected chi connectivity index (χ1v) is 9.98. The lowest BCUT2D eigenvalue weighted by Crippen LogP contribution is -2.35. The third-order valence-electron chi connectivity index (χ3n) is 4.17. The van der Waals surface area contributed by atoms with Crippen molar-refractivity contribution >= 4 is 34.5 Å². The van der Waals surface area contributed by atoms with Crippen molar-refractivity contribution in [2.75, 3.05) is 27.4 Å². The Morgan fingerprint density at radius 2 is 1.71 bits per heavy atom. The van der Waals surface area contributed by atoms with Crippen LogP contribution in [-0.4, -0.2) is 39.2 Å². The summed E-state index contributed by atoms with van der Waals surface area (Å²) in [6.45, 7) is 2.24. The molecule has 1 amide bonds. The number of amides is 1. The van der Waals surface area contributed by atoms with Gasteiger partial charge in [-0.05, 0) is 53.6 Å². The fourth-order valence-corrected chi connectivity index (χ4v) is 3.42. The number of carbonyl (C=O) groups is 2. The van der Waals surface area contributed by atoms with E-state index < -0.39 is 5.92 Å². The Morgan fingerprint density at radius 3 is 2.32 bits per heavy atom. The summed E-state index contributed by atoms with van der Waals surface area (Å²) in [6.07, 6.45) is 0.489. The van der Waals surface area contributed by atoms with E-state index in [1.54, 1.807) is 26.2 Å². The van der Waals surface area contributed by atoms with Crippen LogP contribution in [0.5, 0.6) is 11.5 Å². The van der Waals surface area contributed by atoms with E-state index in [-0.39, 0.29) is 18.4 Å². The summed E-state index contributed by atoms with van der Waals surface area (Å²) >= 11 is 2.07. The van der Waals surface area contributed by atoms with Gasteiger partial charge in [-0.3, -0.25) is 9.59 Å². The number of rotatable bonds is 9. The number of methoxy groups -OCH3 is 2. The van der Waals surface area contributed by atoms with Crippen LogP contribution in [0.25, 0.3) is 0 Å². The summed E-state index contributed by atoms with van der Waals surface area (Å²) in [5, 5.41) is 2.85. The average molecular weight is 497 g/mol. The lowest BCUT2D eigenvalue weighted by molar-refractivity contribution is -0.147. The van der Waals surface area contributed by atoms with Gasteiger partial charge in [0, 0.05) is 10.1 Å². The second kappa shape index (κ2) is 10.9. The average Bonchev–Trinajstić information content (AvgIpc) is 2.71. The van der Waals surface area contributed by atoms with Crippen LogP contribution in [0.3, 0.4) is 0 Å². The van der Waals surface area contributed by atoms with Crippen LogP contribution in [-0.2, 0) is 16.0 Å². The lowest BCUT2D eigenvalue weighted by atomic mass is 9.99. The van der Waals surface area contributed by atoms with Crippen molar-refractivity contribution in [1.29, 1.82) is 0 Å². The van der Waals surface area contributed by atoms with Gasteiger partial charge in [-0.15, -0.1) is 0 Å². The summed E-state index contributed by atoms with van der Waals surface area (Å²) in [7, 11) is 3.06. The molecule has 6 nitrogen and oxygen atoms in total. The van der Waals surface area contributed by atoms with Crippen molar-refractivity contribution in [2.45, 2.75) is 13.3 Å². The molecule has 1 atom stereocenters. The fourth-order valence-electron chi connectivity index (χ4n) is 2.74. The molecular weight excluding hydrogens is 473 g/mol. The highest BCUT2D eigenvalue weighted by Gasteiger charge is 2.23. The molecule has 0 aliphatic carbocycles. The normalized spacial score (nSPS) is 11.4. The number of halogens is 1. The van der Waals surface area contributed by atoms with Gasteiger partial charge in [0.25, 0.3) is 5.91 Å². The number of benzene rings is 2. The highest BCUT2D eigenvalue weighted by atomic mass is 127. The first-order chi connectivity index (χ1) is 13.5. The predicted octanol–water partition coefficient (Wildman–Crippen LogP) is 3.46. The van der Waals surface area contributed by atoms with Crippen molar-refractivity contribution in [3.05, 3.63) is 57.2 Å². The van der Waals surface area contributed by atoms with E-state index >= 15 is 0 Å². The lowest BCUT2D eigenvalue weighted by Gasteiger charge is -2.17. The molecule has 0 saturated heterocycles. The molecule has 0 bridgehead atoms. The highest BCUT2D eigenvalue weighted by molar-refractivity contribution is 14.1. The first kappa shape index (κ1) is 22.0. The van der Waals surface area contributed by atoms with Gasteiger partial charge in [-0.1, -0.05) is 30.3 Å². The molecule has 0 aliphatic heterocycles. The molecule has 1 N–H and O–H groups in total. The van der Waals surface area contributed by atoms with Gasteiger partial charge in [0.05, 0.1) is 32.3 Å². The quantitative estimate of drug-likeness (QED) is 0.425. The van der Waals surface area contributed by atoms with E-state index in [2.05, 4.69) is 27.9 Å². The summed E-state index contributed by atoms with van der Waals surface area (Å²) in [4.78, 5) is 25.0. The van der Waals surface area contributed by atoms with Gasteiger partial charge < -0.3 is 19.5 Å². The molecule has 0 aromatic heterocycles. The summed E-state index contributed by atoms with van der Waals surface area (Å²) < 4.78 is 16.4. The molecular formula is C21H24INO5. The van der Waals surface area contributed by atoms with Gasteiger partial charge in [0.2, 0.25) is 0 Å². The molecule has 0 heterocycles. The van der Waals surface area contributed by atoms with E-state index in [1.807, 2.05) is 30.3 Å². The van der Waals surface area contributed by atoms with Gasteiger partial charge in [-0.25, -0.2) is 0 Å². The number of esters is 1. The van der Waals surface area contributed by atoms with Gasteiger partial charge >= 0.3 is 5.97 Å². The second-order valence-corrected chi connectivity index (χ2v) is 7.20. The third-order valence-corrected chi connectivity index (χ3v) is 5.06. The van der Waals surface area contributed by atoms with E-state index in [0.717, 1.165) is 9.13 Å². The largest absolute Gasteiger partial charge is 0.493 e. The molecule has 2 aromatic carbocycles. The van der Waals surface area contributed by atoms with E-state index in [9.17, 15) is 9.59 Å². The Bertz CT molecular complexity index is 810. The maximum atomic E-state index is 12.7. The molecule has 2 rings (SSSR count). The fraction of sp³-hybridized carbons (Fsp3) is 0.333. The second-order valence-electron chi connectivity index (χ2n) is 6.04. The molecule has 0 fully saturated rings. The number of hydrogen-bond donors (Lipinski definition) is 1. The van der Waals surface area contributed by atoms with Crippen LogP contribution in [0.4, 0.5) is 0 Å². The maximum Gasteiger partial charge on any atom is 0.311 e. The van der Waals surface area contributed by atoms with Crippen LogP contribution in [0.1, 0.15) is 22.8 Å². The molecule has 0 spiro atoms. The minimum absolute atomic E-state index is 0.178. The van der Waals surface area contributed by atoms with E-state index in [0.29, 0.717) is 30.1 Å². The predicted molar refractivity (Wildman–Crippen MR) is 115 cm³/mol. The zero-order valence-corrected chi connectivity index (χ0v) is 18.3. The van der Waals surface area contributed by atoms with Gasteiger partial charge in [-0.2, -0.15) is 0 Å². The third kappa shape index (κ3) is 5.85. The maximum absolute atomic E-state index is 12.7. The van der Waals surface area contributed by atoms with Crippen molar-refractivity contribution in [2.24, 2.45) is 5.92 Å².